The molecule has 0 saturated heterocycles. The molecule has 0 aliphatic rings. The molecule has 3 heteroatoms. The second-order valence-corrected chi connectivity index (χ2v) is 13.8. The van der Waals surface area contributed by atoms with Crippen LogP contribution in [0.3, 0.4) is 0 Å². The van der Waals surface area contributed by atoms with Crippen molar-refractivity contribution in [3.63, 3.8) is 0 Å². The Hall–Kier alpha value is -3.81. The Labute approximate surface area is 260 Å². The average molecular weight is 630 g/mol. The lowest BCUT2D eigenvalue weighted by atomic mass is 9.87. The van der Waals surface area contributed by atoms with Crippen LogP contribution < -0.4 is 32.9 Å². The Morgan fingerprint density at radius 2 is 0.833 bits per heavy atom. The molecule has 42 heavy (non-hydrogen) atoms. The van der Waals surface area contributed by atoms with Crippen LogP contribution in [0.15, 0.2) is 164 Å². The molecule has 0 aliphatic carbocycles. The van der Waals surface area contributed by atoms with Gasteiger partial charge < -0.3 is 22.1 Å². The van der Waals surface area contributed by atoms with Gasteiger partial charge in [0.2, 0.25) is 0 Å². The van der Waals surface area contributed by atoms with Crippen molar-refractivity contribution >= 4 is 23.2 Å². The SMILES string of the molecule is OCCC[P+](c1ccccc1)(c1ccccc1)c1ccc(-c2ccccc2)c(-c2ccccc2)c1-c1ccccc1.[Br-]. The molecule has 0 aliphatic heterocycles. The quantitative estimate of drug-likeness (QED) is 0.214. The molecule has 0 saturated carbocycles. The largest absolute Gasteiger partial charge is 1.00 e. The van der Waals surface area contributed by atoms with E-state index in [-0.39, 0.29) is 23.6 Å². The van der Waals surface area contributed by atoms with Gasteiger partial charge in [-0.25, -0.2) is 0 Å². The van der Waals surface area contributed by atoms with Crippen LogP contribution in [0, 0.1) is 0 Å². The number of benzene rings is 6. The third kappa shape index (κ3) is 5.76. The molecule has 0 aromatic heterocycles. The first-order valence-corrected chi connectivity index (χ1v) is 16.2. The minimum atomic E-state index is -2.19. The number of rotatable bonds is 9. The number of hydrogen-bond donors (Lipinski definition) is 1. The maximum atomic E-state index is 10.2. The highest BCUT2D eigenvalue weighted by atomic mass is 79.9. The van der Waals surface area contributed by atoms with E-state index in [1.54, 1.807) is 0 Å². The lowest BCUT2D eigenvalue weighted by molar-refractivity contribution is -0.00000885. The zero-order chi connectivity index (χ0) is 27.9. The molecular weight excluding hydrogens is 595 g/mol. The highest BCUT2D eigenvalue weighted by Gasteiger charge is 2.47. The predicted molar refractivity (Wildman–Crippen MR) is 178 cm³/mol. The van der Waals surface area contributed by atoms with Gasteiger partial charge in [0.1, 0.15) is 23.2 Å². The molecule has 6 aromatic rings. The summed E-state index contributed by atoms with van der Waals surface area (Å²) in [6.45, 7) is 0.162. The van der Waals surface area contributed by atoms with Crippen LogP contribution in [-0.2, 0) is 0 Å². The molecule has 0 unspecified atom stereocenters. The minimum Gasteiger partial charge on any atom is -1.00 e. The lowest BCUT2D eigenvalue weighted by Crippen LogP contribution is -3.00. The van der Waals surface area contributed by atoms with Gasteiger partial charge in [-0.2, -0.15) is 0 Å². The summed E-state index contributed by atoms with van der Waals surface area (Å²) in [5, 5.41) is 14.2. The number of hydrogen-bond acceptors (Lipinski definition) is 1. The van der Waals surface area contributed by atoms with E-state index in [4.69, 9.17) is 0 Å². The summed E-state index contributed by atoms with van der Waals surface area (Å²) in [7, 11) is -2.19. The van der Waals surface area contributed by atoms with Crippen LogP contribution in [0.25, 0.3) is 33.4 Å². The van der Waals surface area contributed by atoms with Gasteiger partial charge in [0.05, 0.1) is 6.16 Å². The Balaban J connectivity index is 0.00000353. The summed E-state index contributed by atoms with van der Waals surface area (Å²) < 4.78 is 0. The third-order valence-corrected chi connectivity index (χ3v) is 12.4. The monoisotopic (exact) mass is 628 g/mol. The van der Waals surface area contributed by atoms with E-state index >= 15 is 0 Å². The predicted octanol–water partition coefficient (Wildman–Crippen LogP) is 5.37. The molecule has 0 fully saturated rings. The minimum absolute atomic E-state index is 0. The van der Waals surface area contributed by atoms with E-state index in [0.29, 0.717) is 0 Å². The first kappa shape index (κ1) is 29.7. The van der Waals surface area contributed by atoms with Crippen molar-refractivity contribution in [2.45, 2.75) is 6.42 Å². The lowest BCUT2D eigenvalue weighted by Gasteiger charge is -2.31. The van der Waals surface area contributed by atoms with Crippen LogP contribution in [0.4, 0.5) is 0 Å². The van der Waals surface area contributed by atoms with Crippen molar-refractivity contribution < 1.29 is 22.1 Å². The molecule has 6 aromatic carbocycles. The molecule has 0 spiro atoms. The molecule has 0 heterocycles. The van der Waals surface area contributed by atoms with Gasteiger partial charge in [0.25, 0.3) is 0 Å². The van der Waals surface area contributed by atoms with Gasteiger partial charge in [-0.15, -0.1) is 0 Å². The Morgan fingerprint density at radius 3 is 1.29 bits per heavy atom. The first-order chi connectivity index (χ1) is 20.3. The van der Waals surface area contributed by atoms with Crippen LogP contribution in [0.5, 0.6) is 0 Å². The number of halogens is 1. The van der Waals surface area contributed by atoms with Gasteiger partial charge in [-0.05, 0) is 58.7 Å². The summed E-state index contributed by atoms with van der Waals surface area (Å²) in [6, 6.07) is 59.1. The second kappa shape index (κ2) is 13.9. The topological polar surface area (TPSA) is 20.2 Å². The van der Waals surface area contributed by atoms with Gasteiger partial charge in [0, 0.05) is 24.2 Å². The summed E-state index contributed by atoms with van der Waals surface area (Å²) in [5.74, 6) is 0. The maximum Gasteiger partial charge on any atom is 0.113 e. The van der Waals surface area contributed by atoms with Gasteiger partial charge >= 0.3 is 0 Å². The van der Waals surface area contributed by atoms with E-state index < -0.39 is 7.26 Å². The summed E-state index contributed by atoms with van der Waals surface area (Å²) in [6.07, 6.45) is 1.61. The highest BCUT2D eigenvalue weighted by molar-refractivity contribution is 7.96. The number of aliphatic hydroxyl groups is 1. The molecule has 0 atom stereocenters. The maximum absolute atomic E-state index is 10.2. The Morgan fingerprint density at radius 1 is 0.429 bits per heavy atom. The number of aliphatic hydroxyl groups excluding tert-OH is 1. The van der Waals surface area contributed by atoms with E-state index in [1.807, 2.05) is 0 Å². The third-order valence-electron chi connectivity index (χ3n) is 7.85. The zero-order valence-electron chi connectivity index (χ0n) is 23.5. The molecule has 208 valence electrons. The van der Waals surface area contributed by atoms with Crippen molar-refractivity contribution in [3.05, 3.63) is 164 Å². The van der Waals surface area contributed by atoms with Crippen molar-refractivity contribution in [2.75, 3.05) is 12.8 Å². The second-order valence-electron chi connectivity index (χ2n) is 10.3. The Kier molecular flexibility index (Phi) is 9.82. The smallest absolute Gasteiger partial charge is 0.113 e. The van der Waals surface area contributed by atoms with E-state index in [9.17, 15) is 5.11 Å². The molecule has 0 radical (unpaired) electrons. The summed E-state index contributed by atoms with van der Waals surface area (Å²) in [4.78, 5) is 0. The molecule has 0 bridgehead atoms. The van der Waals surface area contributed by atoms with Crippen LogP contribution in [-0.4, -0.2) is 17.9 Å². The Bertz CT molecular complexity index is 1650. The average Bonchev–Trinajstić information content (AvgIpc) is 3.07. The first-order valence-electron chi connectivity index (χ1n) is 14.3. The van der Waals surface area contributed by atoms with Crippen molar-refractivity contribution in [1.82, 2.24) is 0 Å². The highest BCUT2D eigenvalue weighted by Crippen LogP contribution is 2.59. The molecular formula is C39H34BrOP. The van der Waals surface area contributed by atoms with Gasteiger partial charge in [-0.1, -0.05) is 127 Å². The normalized spacial score (nSPS) is 11.1. The van der Waals surface area contributed by atoms with Crippen LogP contribution in [0.2, 0.25) is 0 Å². The van der Waals surface area contributed by atoms with E-state index in [0.717, 1.165) is 12.6 Å². The fraction of sp³-hybridized carbons (Fsp3) is 0.0769. The van der Waals surface area contributed by atoms with Crippen LogP contribution >= 0.6 is 7.26 Å². The van der Waals surface area contributed by atoms with Crippen LogP contribution in [0.1, 0.15) is 6.42 Å². The van der Waals surface area contributed by atoms with Gasteiger partial charge in [-0.3, -0.25) is 0 Å². The molecule has 1 N–H and O–H groups in total. The standard InChI is InChI=1S/C39H34OP.BrH/c40-29-16-30-41(34-23-12-4-13-24-34,35-25-14-5-15-26-35)37-28-27-36(31-17-6-1-7-18-31)38(32-19-8-2-9-20-32)39(37)33-21-10-3-11-22-33;/h1-15,17-28,40H,16,29-30H2;1H/q+1;/p-1. The van der Waals surface area contributed by atoms with E-state index in [2.05, 4.69) is 164 Å². The molecule has 6 rings (SSSR count). The summed E-state index contributed by atoms with van der Waals surface area (Å²) in [5.41, 5.74) is 7.36. The van der Waals surface area contributed by atoms with E-state index in [1.165, 1.54) is 49.3 Å². The summed E-state index contributed by atoms with van der Waals surface area (Å²) >= 11 is 0. The zero-order valence-corrected chi connectivity index (χ0v) is 26.0. The molecule has 1 nitrogen and oxygen atoms in total. The van der Waals surface area contributed by atoms with Crippen molar-refractivity contribution in [3.8, 4) is 33.4 Å². The fourth-order valence-corrected chi connectivity index (χ4v) is 10.6. The van der Waals surface area contributed by atoms with Crippen molar-refractivity contribution in [2.24, 2.45) is 0 Å². The van der Waals surface area contributed by atoms with Gasteiger partial charge in [0.15, 0.2) is 0 Å². The van der Waals surface area contributed by atoms with Crippen molar-refractivity contribution in [1.29, 1.82) is 0 Å². The fourth-order valence-electron chi connectivity index (χ4n) is 6.05. The molecule has 0 amide bonds.